The van der Waals surface area contributed by atoms with Crippen molar-refractivity contribution in [2.75, 3.05) is 7.11 Å². The minimum atomic E-state index is 0.267. The van der Waals surface area contributed by atoms with Crippen molar-refractivity contribution in [3.05, 3.63) is 30.1 Å². The summed E-state index contributed by atoms with van der Waals surface area (Å²) < 4.78 is 1.41. The van der Waals surface area contributed by atoms with Gasteiger partial charge in [-0.15, -0.1) is 0 Å². The average Bonchev–Trinajstić information content (AvgIpc) is 2.55. The van der Waals surface area contributed by atoms with Crippen LogP contribution in [0.5, 0.6) is 0 Å². The zero-order valence-electron chi connectivity index (χ0n) is 7.06. The van der Waals surface area contributed by atoms with Crippen LogP contribution < -0.4 is 4.84 Å². The van der Waals surface area contributed by atoms with Gasteiger partial charge in [0, 0.05) is 0 Å². The van der Waals surface area contributed by atoms with Gasteiger partial charge in [-0.25, -0.2) is 4.98 Å². The number of para-hydroxylation sites is 2. The van der Waals surface area contributed by atoms with E-state index in [1.165, 1.54) is 11.8 Å². The van der Waals surface area contributed by atoms with Crippen LogP contribution >= 0.6 is 0 Å². The van der Waals surface area contributed by atoms with Crippen LogP contribution in [0.25, 0.3) is 11.0 Å². The van der Waals surface area contributed by atoms with Gasteiger partial charge in [0.05, 0.1) is 5.52 Å². The quantitative estimate of drug-likeness (QED) is 0.645. The van der Waals surface area contributed by atoms with E-state index in [9.17, 15) is 0 Å². The van der Waals surface area contributed by atoms with Crippen LogP contribution in [0.15, 0.2) is 24.3 Å². The first kappa shape index (κ1) is 7.62. The highest BCUT2D eigenvalue weighted by Crippen LogP contribution is 2.13. The summed E-state index contributed by atoms with van der Waals surface area (Å²) in [7, 11) is 1.51. The normalized spacial score (nSPS) is 9.85. The third kappa shape index (κ3) is 1.02. The molecule has 0 N–H and O–H groups in total. The fraction of sp³-hybridized carbons (Fsp3) is 0.111. The summed E-state index contributed by atoms with van der Waals surface area (Å²) in [6, 6.07) is 9.40. The molecular formula is C9H7N3O. The van der Waals surface area contributed by atoms with Crippen LogP contribution in [-0.2, 0) is 0 Å². The first-order valence-corrected chi connectivity index (χ1v) is 3.79. The third-order valence-corrected chi connectivity index (χ3v) is 1.80. The number of hydrogen-bond acceptors (Lipinski definition) is 3. The molecule has 0 spiro atoms. The Balaban J connectivity index is 2.83. The molecule has 0 saturated carbocycles. The van der Waals surface area contributed by atoms with E-state index in [2.05, 4.69) is 4.98 Å². The van der Waals surface area contributed by atoms with Gasteiger partial charge in [-0.05, 0) is 12.1 Å². The number of nitriles is 1. The summed E-state index contributed by atoms with van der Waals surface area (Å²) in [6.07, 6.45) is 0. The van der Waals surface area contributed by atoms with Gasteiger partial charge in [-0.1, -0.05) is 12.1 Å². The van der Waals surface area contributed by atoms with Gasteiger partial charge in [0.25, 0.3) is 0 Å². The van der Waals surface area contributed by atoms with E-state index < -0.39 is 0 Å². The Morgan fingerprint density at radius 3 is 2.92 bits per heavy atom. The van der Waals surface area contributed by atoms with Gasteiger partial charge in [-0.2, -0.15) is 9.99 Å². The minimum absolute atomic E-state index is 0.267. The number of hydrogen-bond donors (Lipinski definition) is 0. The first-order chi connectivity index (χ1) is 6.36. The molecule has 1 aromatic carbocycles. The van der Waals surface area contributed by atoms with Gasteiger partial charge < -0.3 is 4.84 Å². The third-order valence-electron chi connectivity index (χ3n) is 1.80. The van der Waals surface area contributed by atoms with E-state index in [1.54, 1.807) is 0 Å². The molecule has 4 nitrogen and oxygen atoms in total. The van der Waals surface area contributed by atoms with Crippen molar-refractivity contribution in [3.63, 3.8) is 0 Å². The van der Waals surface area contributed by atoms with Crippen LogP contribution in [0.2, 0.25) is 0 Å². The SMILES string of the molecule is COn1c(C#N)nc2ccccc21. The van der Waals surface area contributed by atoms with Gasteiger partial charge in [0.1, 0.15) is 18.7 Å². The first-order valence-electron chi connectivity index (χ1n) is 3.79. The Bertz CT molecular complexity index is 481. The number of rotatable bonds is 1. The highest BCUT2D eigenvalue weighted by Gasteiger charge is 2.08. The predicted molar refractivity (Wildman–Crippen MR) is 47.0 cm³/mol. The Labute approximate surface area is 74.9 Å². The molecular weight excluding hydrogens is 166 g/mol. The minimum Gasteiger partial charge on any atom is -0.414 e. The molecule has 0 aliphatic carbocycles. The molecule has 1 heterocycles. The summed E-state index contributed by atoms with van der Waals surface area (Å²) in [6.45, 7) is 0. The molecule has 0 unspecified atom stereocenters. The zero-order chi connectivity index (χ0) is 9.26. The van der Waals surface area contributed by atoms with Crippen molar-refractivity contribution in [3.8, 4) is 6.07 Å². The molecule has 0 saturated heterocycles. The maximum atomic E-state index is 8.74. The van der Waals surface area contributed by atoms with E-state index in [1.807, 2.05) is 30.3 Å². The summed E-state index contributed by atoms with van der Waals surface area (Å²) in [4.78, 5) is 9.10. The Morgan fingerprint density at radius 1 is 1.46 bits per heavy atom. The topological polar surface area (TPSA) is 50.8 Å². The van der Waals surface area contributed by atoms with Crippen molar-refractivity contribution in [2.45, 2.75) is 0 Å². The molecule has 0 aliphatic heterocycles. The predicted octanol–water partition coefficient (Wildman–Crippen LogP) is 0.966. The van der Waals surface area contributed by atoms with Gasteiger partial charge in [-0.3, -0.25) is 0 Å². The van der Waals surface area contributed by atoms with Gasteiger partial charge in [0.15, 0.2) is 0 Å². The lowest BCUT2D eigenvalue weighted by Gasteiger charge is -2.00. The highest BCUT2D eigenvalue weighted by atomic mass is 16.6. The lowest BCUT2D eigenvalue weighted by molar-refractivity contribution is 0.175. The molecule has 4 heteroatoms. The molecule has 1 aromatic heterocycles. The summed E-state index contributed by atoms with van der Waals surface area (Å²) in [5, 5.41) is 8.74. The summed E-state index contributed by atoms with van der Waals surface area (Å²) >= 11 is 0. The van der Waals surface area contributed by atoms with Crippen LogP contribution in [-0.4, -0.2) is 16.8 Å². The molecule has 2 aromatic rings. The molecule has 13 heavy (non-hydrogen) atoms. The van der Waals surface area contributed by atoms with Crippen molar-refractivity contribution in [1.29, 1.82) is 5.26 Å². The maximum absolute atomic E-state index is 8.74. The van der Waals surface area contributed by atoms with E-state index >= 15 is 0 Å². The smallest absolute Gasteiger partial charge is 0.247 e. The fourth-order valence-electron chi connectivity index (χ4n) is 1.26. The molecule has 0 radical (unpaired) electrons. The summed E-state index contributed by atoms with van der Waals surface area (Å²) in [5.74, 6) is 0.267. The Kier molecular flexibility index (Phi) is 1.64. The standard InChI is InChI=1S/C9H7N3O/c1-13-12-8-5-3-2-4-7(8)11-9(12)6-10/h2-5H,1H3. The molecule has 0 amide bonds. The van der Waals surface area contributed by atoms with Crippen LogP contribution in [0.1, 0.15) is 5.82 Å². The van der Waals surface area contributed by atoms with Crippen molar-refractivity contribution >= 4 is 11.0 Å². The van der Waals surface area contributed by atoms with Crippen LogP contribution in [0.4, 0.5) is 0 Å². The van der Waals surface area contributed by atoms with Crippen LogP contribution in [0, 0.1) is 11.3 Å². The Hall–Kier alpha value is -2.02. The van der Waals surface area contributed by atoms with Gasteiger partial charge >= 0.3 is 0 Å². The van der Waals surface area contributed by atoms with Crippen molar-refractivity contribution in [2.24, 2.45) is 0 Å². The number of nitrogens with zero attached hydrogens (tertiary/aromatic N) is 3. The second-order valence-electron chi connectivity index (χ2n) is 2.51. The zero-order valence-corrected chi connectivity index (χ0v) is 7.06. The molecule has 0 fully saturated rings. The Morgan fingerprint density at radius 2 is 2.23 bits per heavy atom. The highest BCUT2D eigenvalue weighted by molar-refractivity contribution is 5.76. The molecule has 64 valence electrons. The molecule has 2 rings (SSSR count). The van der Waals surface area contributed by atoms with E-state index in [0.717, 1.165) is 11.0 Å². The lowest BCUT2D eigenvalue weighted by atomic mass is 10.3. The number of imidazole rings is 1. The van der Waals surface area contributed by atoms with Crippen LogP contribution in [0.3, 0.4) is 0 Å². The second-order valence-corrected chi connectivity index (χ2v) is 2.51. The number of benzene rings is 1. The van der Waals surface area contributed by atoms with Crippen molar-refractivity contribution in [1.82, 2.24) is 9.71 Å². The second kappa shape index (κ2) is 2.79. The van der Waals surface area contributed by atoms with E-state index in [-0.39, 0.29) is 5.82 Å². The molecule has 0 aliphatic rings. The van der Waals surface area contributed by atoms with Crippen molar-refractivity contribution < 1.29 is 4.84 Å². The fourth-order valence-corrected chi connectivity index (χ4v) is 1.26. The van der Waals surface area contributed by atoms with Gasteiger partial charge in [0.2, 0.25) is 5.82 Å². The number of fused-ring (bicyclic) bond motifs is 1. The monoisotopic (exact) mass is 173 g/mol. The number of aromatic nitrogens is 2. The molecule has 0 atom stereocenters. The molecule has 0 bridgehead atoms. The van der Waals surface area contributed by atoms with E-state index in [4.69, 9.17) is 10.1 Å². The maximum Gasteiger partial charge on any atom is 0.247 e. The lowest BCUT2D eigenvalue weighted by Crippen LogP contribution is -2.07. The largest absolute Gasteiger partial charge is 0.414 e. The average molecular weight is 173 g/mol. The van der Waals surface area contributed by atoms with E-state index in [0.29, 0.717) is 0 Å². The summed E-state index contributed by atoms with van der Waals surface area (Å²) in [5.41, 5.74) is 1.57.